The smallest absolute Gasteiger partial charge is 0.326 e. The average Bonchev–Trinajstić information content (AvgIpc) is 2.49. The molecule has 1 aliphatic heterocycles. The fraction of sp³-hybridized carbons (Fsp3) is 0.667. The minimum absolute atomic E-state index is 0.0269. The number of carboxylic acids is 1. The number of aliphatic carboxylic acids is 1. The number of carbonyl (C=O) groups excluding carboxylic acids is 2. The predicted octanol–water partition coefficient (Wildman–Crippen LogP) is -0.817. The predicted molar refractivity (Wildman–Crippen MR) is 50.7 cm³/mol. The number of rotatable bonds is 4. The van der Waals surface area contributed by atoms with E-state index in [2.05, 4.69) is 0 Å². The van der Waals surface area contributed by atoms with Crippen LogP contribution in [0.4, 0.5) is 0 Å². The normalized spacial score (nSPS) is 22.9. The van der Waals surface area contributed by atoms with Crippen molar-refractivity contribution in [1.82, 2.24) is 4.90 Å². The summed E-state index contributed by atoms with van der Waals surface area (Å²) in [5.41, 5.74) is 5.07. The Morgan fingerprint density at radius 1 is 1.67 bits per heavy atom. The van der Waals surface area contributed by atoms with E-state index in [0.29, 0.717) is 6.42 Å². The lowest BCUT2D eigenvalue weighted by molar-refractivity contribution is -0.148. The molecule has 0 aromatic carbocycles. The van der Waals surface area contributed by atoms with Gasteiger partial charge in [0.2, 0.25) is 11.8 Å². The molecule has 1 fully saturated rings. The summed E-state index contributed by atoms with van der Waals surface area (Å²) in [7, 11) is 0. The molecule has 1 aliphatic rings. The van der Waals surface area contributed by atoms with Gasteiger partial charge in [-0.25, -0.2) is 4.79 Å². The molecular formula is C9H14N2O4. The SMILES string of the molecule is CCC(C(=O)O)N1CC(C(N)=O)CC1=O. The van der Waals surface area contributed by atoms with Crippen LogP contribution in [0.2, 0.25) is 0 Å². The van der Waals surface area contributed by atoms with Crippen molar-refractivity contribution in [2.45, 2.75) is 25.8 Å². The second-order valence-corrected chi connectivity index (χ2v) is 3.61. The van der Waals surface area contributed by atoms with Crippen LogP contribution in [0.3, 0.4) is 0 Å². The van der Waals surface area contributed by atoms with E-state index in [4.69, 9.17) is 10.8 Å². The molecule has 2 unspecified atom stereocenters. The molecule has 15 heavy (non-hydrogen) atoms. The summed E-state index contributed by atoms with van der Waals surface area (Å²) in [6.45, 7) is 1.81. The van der Waals surface area contributed by atoms with Gasteiger partial charge in [-0.1, -0.05) is 6.92 Å². The monoisotopic (exact) mass is 214 g/mol. The van der Waals surface area contributed by atoms with Gasteiger partial charge >= 0.3 is 5.97 Å². The standard InChI is InChI=1S/C9H14N2O4/c1-2-6(9(14)15)11-4-5(8(10)13)3-7(11)12/h5-6H,2-4H2,1H3,(H2,10,13)(H,14,15). The molecule has 2 amide bonds. The summed E-state index contributed by atoms with van der Waals surface area (Å²) >= 11 is 0. The largest absolute Gasteiger partial charge is 0.480 e. The zero-order valence-corrected chi connectivity index (χ0v) is 8.47. The van der Waals surface area contributed by atoms with Gasteiger partial charge in [-0.3, -0.25) is 9.59 Å². The molecule has 1 saturated heterocycles. The quantitative estimate of drug-likeness (QED) is 0.638. The molecule has 1 heterocycles. The van der Waals surface area contributed by atoms with E-state index in [0.717, 1.165) is 0 Å². The molecule has 0 bridgehead atoms. The highest BCUT2D eigenvalue weighted by molar-refractivity contribution is 5.91. The first-order valence-electron chi connectivity index (χ1n) is 4.79. The number of hydrogen-bond donors (Lipinski definition) is 2. The fourth-order valence-electron chi connectivity index (χ4n) is 1.75. The maximum absolute atomic E-state index is 11.4. The molecule has 84 valence electrons. The summed E-state index contributed by atoms with van der Waals surface area (Å²) in [4.78, 5) is 34.4. The van der Waals surface area contributed by atoms with Gasteiger partial charge in [0.15, 0.2) is 0 Å². The molecule has 2 atom stereocenters. The molecule has 1 rings (SSSR count). The van der Waals surface area contributed by atoms with E-state index in [-0.39, 0.29) is 18.9 Å². The molecule has 3 N–H and O–H groups in total. The Labute approximate surface area is 87.0 Å². The van der Waals surface area contributed by atoms with Gasteiger partial charge < -0.3 is 15.7 Å². The van der Waals surface area contributed by atoms with Gasteiger partial charge in [-0.15, -0.1) is 0 Å². The zero-order chi connectivity index (χ0) is 11.6. The van der Waals surface area contributed by atoms with E-state index in [9.17, 15) is 14.4 Å². The first kappa shape index (κ1) is 11.5. The number of hydrogen-bond acceptors (Lipinski definition) is 3. The second-order valence-electron chi connectivity index (χ2n) is 3.61. The molecule has 0 radical (unpaired) electrons. The van der Waals surface area contributed by atoms with Crippen molar-refractivity contribution >= 4 is 17.8 Å². The van der Waals surface area contributed by atoms with Crippen molar-refractivity contribution in [3.05, 3.63) is 0 Å². The van der Waals surface area contributed by atoms with Crippen molar-refractivity contribution < 1.29 is 19.5 Å². The first-order valence-corrected chi connectivity index (χ1v) is 4.79. The van der Waals surface area contributed by atoms with E-state index in [1.165, 1.54) is 4.90 Å². The lowest BCUT2D eigenvalue weighted by Crippen LogP contribution is -2.42. The van der Waals surface area contributed by atoms with Crippen LogP contribution in [-0.2, 0) is 14.4 Å². The number of amides is 2. The molecule has 0 saturated carbocycles. The van der Waals surface area contributed by atoms with Crippen LogP contribution in [0.1, 0.15) is 19.8 Å². The van der Waals surface area contributed by atoms with Crippen LogP contribution in [-0.4, -0.2) is 40.4 Å². The molecular weight excluding hydrogens is 200 g/mol. The molecule has 0 aromatic heterocycles. The van der Waals surface area contributed by atoms with Crippen LogP contribution >= 0.6 is 0 Å². The third kappa shape index (κ3) is 2.26. The Morgan fingerprint density at radius 3 is 2.60 bits per heavy atom. The Morgan fingerprint density at radius 2 is 2.27 bits per heavy atom. The number of carboxylic acid groups (broad SMARTS) is 1. The van der Waals surface area contributed by atoms with E-state index in [1.807, 2.05) is 0 Å². The maximum Gasteiger partial charge on any atom is 0.326 e. The van der Waals surface area contributed by atoms with Gasteiger partial charge in [-0.05, 0) is 6.42 Å². The third-order valence-electron chi connectivity index (χ3n) is 2.61. The Hall–Kier alpha value is -1.59. The van der Waals surface area contributed by atoms with Crippen molar-refractivity contribution in [3.8, 4) is 0 Å². The summed E-state index contributed by atoms with van der Waals surface area (Å²) in [5.74, 6) is -2.46. The molecule has 6 heteroatoms. The van der Waals surface area contributed by atoms with Gasteiger partial charge in [0.05, 0.1) is 5.92 Å². The zero-order valence-electron chi connectivity index (χ0n) is 8.47. The van der Waals surface area contributed by atoms with Crippen molar-refractivity contribution in [2.24, 2.45) is 11.7 Å². The minimum atomic E-state index is -1.05. The molecule has 0 aromatic rings. The lowest BCUT2D eigenvalue weighted by atomic mass is 10.1. The Bertz CT molecular complexity index is 302. The van der Waals surface area contributed by atoms with Crippen molar-refractivity contribution in [1.29, 1.82) is 0 Å². The molecule has 0 aliphatic carbocycles. The molecule has 0 spiro atoms. The first-order chi connectivity index (χ1) is 6.97. The summed E-state index contributed by atoms with van der Waals surface area (Å²) in [6, 6.07) is -0.846. The second kappa shape index (κ2) is 4.29. The summed E-state index contributed by atoms with van der Waals surface area (Å²) in [5, 5.41) is 8.87. The number of nitrogens with zero attached hydrogens (tertiary/aromatic N) is 1. The fourth-order valence-corrected chi connectivity index (χ4v) is 1.75. The van der Waals surface area contributed by atoms with Crippen LogP contribution < -0.4 is 5.73 Å². The highest BCUT2D eigenvalue weighted by Crippen LogP contribution is 2.21. The average molecular weight is 214 g/mol. The lowest BCUT2D eigenvalue weighted by Gasteiger charge is -2.23. The summed E-state index contributed by atoms with van der Waals surface area (Å²) in [6.07, 6.45) is 0.353. The summed E-state index contributed by atoms with van der Waals surface area (Å²) < 4.78 is 0. The van der Waals surface area contributed by atoms with Crippen LogP contribution in [0.15, 0.2) is 0 Å². The minimum Gasteiger partial charge on any atom is -0.480 e. The number of likely N-dealkylation sites (tertiary alicyclic amines) is 1. The number of primary amides is 1. The molecule has 6 nitrogen and oxygen atoms in total. The topological polar surface area (TPSA) is 101 Å². The maximum atomic E-state index is 11.4. The van der Waals surface area contributed by atoms with Crippen molar-refractivity contribution in [2.75, 3.05) is 6.54 Å². The van der Waals surface area contributed by atoms with E-state index >= 15 is 0 Å². The Balaban J connectivity index is 2.75. The number of carbonyl (C=O) groups is 3. The highest BCUT2D eigenvalue weighted by atomic mass is 16.4. The third-order valence-corrected chi connectivity index (χ3v) is 2.61. The number of nitrogens with two attached hydrogens (primary N) is 1. The van der Waals surface area contributed by atoms with E-state index < -0.39 is 23.8 Å². The van der Waals surface area contributed by atoms with Gasteiger partial charge in [0.25, 0.3) is 0 Å². The van der Waals surface area contributed by atoms with Gasteiger partial charge in [-0.2, -0.15) is 0 Å². The highest BCUT2D eigenvalue weighted by Gasteiger charge is 2.38. The van der Waals surface area contributed by atoms with Crippen LogP contribution in [0.5, 0.6) is 0 Å². The van der Waals surface area contributed by atoms with Crippen LogP contribution in [0, 0.1) is 5.92 Å². The van der Waals surface area contributed by atoms with Crippen molar-refractivity contribution in [3.63, 3.8) is 0 Å². The van der Waals surface area contributed by atoms with Gasteiger partial charge in [0, 0.05) is 13.0 Å². The van der Waals surface area contributed by atoms with Gasteiger partial charge in [0.1, 0.15) is 6.04 Å². The Kier molecular flexibility index (Phi) is 3.28. The van der Waals surface area contributed by atoms with E-state index in [1.54, 1.807) is 6.92 Å². The van der Waals surface area contributed by atoms with Crippen LogP contribution in [0.25, 0.3) is 0 Å².